The third-order valence-corrected chi connectivity index (χ3v) is 4.04. The molecule has 20 heavy (non-hydrogen) atoms. The van der Waals surface area contributed by atoms with Gasteiger partial charge in [-0.2, -0.15) is 0 Å². The van der Waals surface area contributed by atoms with Crippen LogP contribution in [-0.4, -0.2) is 18.2 Å². The van der Waals surface area contributed by atoms with E-state index in [1.54, 1.807) is 0 Å². The summed E-state index contributed by atoms with van der Waals surface area (Å²) in [5.41, 5.74) is 4.15. The van der Waals surface area contributed by atoms with Crippen LogP contribution in [0.1, 0.15) is 16.7 Å². The minimum Gasteiger partial charge on any atom is -0.454 e. The Balaban J connectivity index is 1.54. The Bertz CT molecular complexity index is 624. The molecule has 102 valence electrons. The normalized spacial score (nSPS) is 17.0. The van der Waals surface area contributed by atoms with E-state index in [9.17, 15) is 0 Å². The van der Waals surface area contributed by atoms with Gasteiger partial charge in [-0.3, -0.25) is 4.90 Å². The number of rotatable bonds is 2. The predicted molar refractivity (Wildman–Crippen MR) is 76.8 cm³/mol. The molecule has 2 heterocycles. The van der Waals surface area contributed by atoms with Crippen molar-refractivity contribution in [2.45, 2.75) is 19.5 Å². The second-order valence-electron chi connectivity index (χ2n) is 5.42. The lowest BCUT2D eigenvalue weighted by Crippen LogP contribution is -2.29. The van der Waals surface area contributed by atoms with Gasteiger partial charge in [0.25, 0.3) is 0 Å². The summed E-state index contributed by atoms with van der Waals surface area (Å²) in [5, 5.41) is 0. The Labute approximate surface area is 118 Å². The lowest BCUT2D eigenvalue weighted by atomic mass is 9.98. The number of hydrogen-bond acceptors (Lipinski definition) is 3. The summed E-state index contributed by atoms with van der Waals surface area (Å²) in [6.07, 6.45) is 1.08. The largest absolute Gasteiger partial charge is 0.454 e. The van der Waals surface area contributed by atoms with Crippen LogP contribution in [0, 0.1) is 0 Å². The lowest BCUT2D eigenvalue weighted by molar-refractivity contribution is 0.174. The van der Waals surface area contributed by atoms with E-state index in [4.69, 9.17) is 9.47 Å². The summed E-state index contributed by atoms with van der Waals surface area (Å²) in [4.78, 5) is 2.49. The molecule has 0 saturated carbocycles. The number of hydrogen-bond donors (Lipinski definition) is 0. The highest BCUT2D eigenvalue weighted by atomic mass is 16.7. The van der Waals surface area contributed by atoms with Crippen molar-refractivity contribution in [1.29, 1.82) is 0 Å². The van der Waals surface area contributed by atoms with Gasteiger partial charge in [0.15, 0.2) is 11.5 Å². The average molecular weight is 267 g/mol. The summed E-state index contributed by atoms with van der Waals surface area (Å²) in [6.45, 7) is 3.45. The van der Waals surface area contributed by atoms with E-state index in [2.05, 4.69) is 47.4 Å². The van der Waals surface area contributed by atoms with E-state index < -0.39 is 0 Å². The molecule has 0 aromatic heterocycles. The SMILES string of the molecule is c1ccc(CN2CCc3cc4c(cc3C2)OCO4)cc1. The van der Waals surface area contributed by atoms with Crippen molar-refractivity contribution in [1.82, 2.24) is 4.90 Å². The molecule has 2 aromatic carbocycles. The molecular weight excluding hydrogens is 250 g/mol. The third kappa shape index (κ3) is 2.14. The first kappa shape index (κ1) is 11.8. The smallest absolute Gasteiger partial charge is 0.231 e. The molecule has 0 aliphatic carbocycles. The highest BCUT2D eigenvalue weighted by molar-refractivity contribution is 5.49. The van der Waals surface area contributed by atoms with Gasteiger partial charge in [0.1, 0.15) is 0 Å². The van der Waals surface area contributed by atoms with Gasteiger partial charge in [-0.25, -0.2) is 0 Å². The van der Waals surface area contributed by atoms with E-state index in [1.165, 1.54) is 16.7 Å². The van der Waals surface area contributed by atoms with Crippen molar-refractivity contribution in [3.63, 3.8) is 0 Å². The second kappa shape index (κ2) is 4.84. The fraction of sp³-hybridized carbons (Fsp3) is 0.294. The van der Waals surface area contributed by atoms with Gasteiger partial charge in [0.05, 0.1) is 0 Å². The monoisotopic (exact) mass is 267 g/mol. The highest BCUT2D eigenvalue weighted by Gasteiger charge is 2.22. The van der Waals surface area contributed by atoms with Crippen molar-refractivity contribution in [2.24, 2.45) is 0 Å². The van der Waals surface area contributed by atoms with E-state index >= 15 is 0 Å². The molecule has 0 fully saturated rings. The molecule has 2 aliphatic heterocycles. The first-order chi connectivity index (χ1) is 9.88. The van der Waals surface area contributed by atoms with Crippen molar-refractivity contribution in [3.8, 4) is 11.5 Å². The van der Waals surface area contributed by atoms with Crippen LogP contribution in [0.4, 0.5) is 0 Å². The Morgan fingerprint density at radius 2 is 1.70 bits per heavy atom. The zero-order valence-electron chi connectivity index (χ0n) is 11.3. The number of ether oxygens (including phenoxy) is 2. The third-order valence-electron chi connectivity index (χ3n) is 4.04. The van der Waals surface area contributed by atoms with Gasteiger partial charge < -0.3 is 9.47 Å². The van der Waals surface area contributed by atoms with E-state index in [0.717, 1.165) is 37.6 Å². The Kier molecular flexibility index (Phi) is 2.85. The highest BCUT2D eigenvalue weighted by Crippen LogP contribution is 2.36. The number of nitrogens with zero attached hydrogens (tertiary/aromatic N) is 1. The molecule has 0 unspecified atom stereocenters. The molecule has 3 nitrogen and oxygen atoms in total. The molecule has 0 N–H and O–H groups in total. The van der Waals surface area contributed by atoms with Crippen LogP contribution in [0.5, 0.6) is 11.5 Å². The minimum atomic E-state index is 0.353. The van der Waals surface area contributed by atoms with Crippen molar-refractivity contribution >= 4 is 0 Å². The average Bonchev–Trinajstić information content (AvgIpc) is 2.93. The molecule has 0 amide bonds. The maximum absolute atomic E-state index is 5.48. The van der Waals surface area contributed by atoms with Crippen LogP contribution in [0.15, 0.2) is 42.5 Å². The molecular formula is C17H17NO2. The molecule has 4 rings (SSSR count). The molecule has 0 atom stereocenters. The van der Waals surface area contributed by atoms with Crippen molar-refractivity contribution in [3.05, 3.63) is 59.2 Å². The molecule has 0 spiro atoms. The van der Waals surface area contributed by atoms with Gasteiger partial charge in [-0.05, 0) is 35.2 Å². The number of benzene rings is 2. The standard InChI is InChI=1S/C17H17NO2/c1-2-4-13(5-3-1)10-18-7-6-14-8-16-17(20-12-19-16)9-15(14)11-18/h1-5,8-9H,6-7,10-12H2. The lowest BCUT2D eigenvalue weighted by Gasteiger charge is -2.29. The molecule has 0 saturated heterocycles. The fourth-order valence-electron chi connectivity index (χ4n) is 2.98. The maximum atomic E-state index is 5.48. The zero-order valence-corrected chi connectivity index (χ0v) is 11.3. The van der Waals surface area contributed by atoms with Gasteiger partial charge in [-0.1, -0.05) is 30.3 Å². The second-order valence-corrected chi connectivity index (χ2v) is 5.42. The Morgan fingerprint density at radius 3 is 2.50 bits per heavy atom. The minimum absolute atomic E-state index is 0.353. The van der Waals surface area contributed by atoms with E-state index in [-0.39, 0.29) is 0 Å². The maximum Gasteiger partial charge on any atom is 0.231 e. The van der Waals surface area contributed by atoms with Gasteiger partial charge in [0.2, 0.25) is 6.79 Å². The van der Waals surface area contributed by atoms with E-state index in [1.807, 2.05) is 0 Å². The molecule has 3 heteroatoms. The fourth-order valence-corrected chi connectivity index (χ4v) is 2.98. The predicted octanol–water partition coefficient (Wildman–Crippen LogP) is 2.97. The van der Waals surface area contributed by atoms with Gasteiger partial charge in [0, 0.05) is 19.6 Å². The molecule has 0 bridgehead atoms. The quantitative estimate of drug-likeness (QED) is 0.835. The van der Waals surface area contributed by atoms with E-state index in [0.29, 0.717) is 6.79 Å². The van der Waals surface area contributed by atoms with Crippen LogP contribution in [0.2, 0.25) is 0 Å². The first-order valence-electron chi connectivity index (χ1n) is 7.06. The molecule has 2 aliphatic rings. The summed E-state index contributed by atoms with van der Waals surface area (Å²) in [5.74, 6) is 1.80. The Morgan fingerprint density at radius 1 is 0.950 bits per heavy atom. The topological polar surface area (TPSA) is 21.7 Å². The van der Waals surface area contributed by atoms with Crippen LogP contribution in [0.3, 0.4) is 0 Å². The Hall–Kier alpha value is -2.00. The van der Waals surface area contributed by atoms with Crippen LogP contribution in [-0.2, 0) is 19.5 Å². The van der Waals surface area contributed by atoms with Crippen LogP contribution in [0.25, 0.3) is 0 Å². The first-order valence-corrected chi connectivity index (χ1v) is 7.06. The molecule has 0 radical (unpaired) electrons. The summed E-state index contributed by atoms with van der Waals surface area (Å²) >= 11 is 0. The van der Waals surface area contributed by atoms with Crippen molar-refractivity contribution in [2.75, 3.05) is 13.3 Å². The van der Waals surface area contributed by atoms with Crippen molar-refractivity contribution < 1.29 is 9.47 Å². The summed E-state index contributed by atoms with van der Waals surface area (Å²) in [6, 6.07) is 14.9. The van der Waals surface area contributed by atoms with Crippen LogP contribution < -0.4 is 9.47 Å². The molecule has 2 aromatic rings. The summed E-state index contributed by atoms with van der Waals surface area (Å²) in [7, 11) is 0. The zero-order chi connectivity index (χ0) is 13.4. The van der Waals surface area contributed by atoms with Gasteiger partial charge >= 0.3 is 0 Å². The summed E-state index contributed by atoms with van der Waals surface area (Å²) < 4.78 is 10.9. The van der Waals surface area contributed by atoms with Crippen LogP contribution >= 0.6 is 0 Å². The van der Waals surface area contributed by atoms with Gasteiger partial charge in [-0.15, -0.1) is 0 Å². The number of fused-ring (bicyclic) bond motifs is 2.